The number of hydrogen-bond donors (Lipinski definition) is 2. The van der Waals surface area contributed by atoms with E-state index in [-0.39, 0.29) is 18.2 Å². The van der Waals surface area contributed by atoms with Gasteiger partial charge >= 0.3 is 0 Å². The molecule has 0 spiro atoms. The van der Waals surface area contributed by atoms with Crippen molar-refractivity contribution < 1.29 is 14.0 Å². The van der Waals surface area contributed by atoms with Crippen molar-refractivity contribution in [3.05, 3.63) is 53.4 Å². The molecule has 9 heteroatoms. The summed E-state index contributed by atoms with van der Waals surface area (Å²) in [5.41, 5.74) is 1.21. The molecule has 0 bridgehead atoms. The van der Waals surface area contributed by atoms with E-state index in [9.17, 15) is 9.59 Å². The molecule has 0 unspecified atom stereocenters. The molecule has 0 aliphatic carbocycles. The average molecular weight is 391 g/mol. The topological polar surface area (TPSA) is 96.1 Å². The van der Waals surface area contributed by atoms with Gasteiger partial charge in [0.1, 0.15) is 16.7 Å². The van der Waals surface area contributed by atoms with Crippen LogP contribution in [0.2, 0.25) is 5.02 Å². The number of anilines is 1. The molecule has 2 amide bonds. The van der Waals surface area contributed by atoms with Crippen LogP contribution in [0.25, 0.3) is 0 Å². The van der Waals surface area contributed by atoms with Gasteiger partial charge in [-0.3, -0.25) is 9.59 Å². The Bertz CT molecular complexity index is 863. The van der Waals surface area contributed by atoms with Crippen molar-refractivity contribution in [1.29, 1.82) is 0 Å². The van der Waals surface area contributed by atoms with Gasteiger partial charge in [-0.25, -0.2) is 0 Å². The van der Waals surface area contributed by atoms with E-state index in [1.165, 1.54) is 11.8 Å². The third-order valence-corrected chi connectivity index (χ3v) is 4.77. The fourth-order valence-corrected chi connectivity index (χ4v) is 3.20. The molecule has 2 heterocycles. The SMILES string of the molecule is C/C(=N/N=C1\NC(=O)[C@@H](CC(=O)Nc2ccc(Cl)cc2)S1)c1ccco1. The van der Waals surface area contributed by atoms with Crippen molar-refractivity contribution >= 4 is 51.7 Å². The lowest BCUT2D eigenvalue weighted by molar-refractivity contribution is -0.122. The largest absolute Gasteiger partial charge is 0.463 e. The van der Waals surface area contributed by atoms with Gasteiger partial charge in [-0.15, -0.1) is 10.2 Å². The second-order valence-electron chi connectivity index (χ2n) is 5.42. The maximum atomic E-state index is 12.1. The molecular weight excluding hydrogens is 376 g/mol. The molecule has 3 rings (SSSR count). The molecular formula is C17H15ClN4O3S. The van der Waals surface area contributed by atoms with E-state index in [0.29, 0.717) is 27.3 Å². The van der Waals surface area contributed by atoms with E-state index in [4.69, 9.17) is 16.0 Å². The van der Waals surface area contributed by atoms with Crippen LogP contribution in [0, 0.1) is 0 Å². The molecule has 1 saturated heterocycles. The zero-order valence-corrected chi connectivity index (χ0v) is 15.3. The molecule has 7 nitrogen and oxygen atoms in total. The summed E-state index contributed by atoms with van der Waals surface area (Å²) in [4.78, 5) is 24.1. The number of amidine groups is 1. The maximum absolute atomic E-state index is 12.1. The average Bonchev–Trinajstić information content (AvgIpc) is 3.25. The van der Waals surface area contributed by atoms with E-state index in [1.54, 1.807) is 49.6 Å². The fourth-order valence-electron chi connectivity index (χ4n) is 2.15. The minimum atomic E-state index is -0.555. The second kappa shape index (κ2) is 8.20. The third-order valence-electron chi connectivity index (χ3n) is 3.44. The van der Waals surface area contributed by atoms with Crippen molar-refractivity contribution in [3.63, 3.8) is 0 Å². The Labute approximate surface area is 158 Å². The molecule has 0 saturated carbocycles. The molecule has 26 heavy (non-hydrogen) atoms. The second-order valence-corrected chi connectivity index (χ2v) is 7.05. The fraction of sp³-hybridized carbons (Fsp3) is 0.176. The highest BCUT2D eigenvalue weighted by atomic mass is 35.5. The van der Waals surface area contributed by atoms with E-state index in [2.05, 4.69) is 20.8 Å². The lowest BCUT2D eigenvalue weighted by atomic mass is 10.2. The lowest BCUT2D eigenvalue weighted by Crippen LogP contribution is -2.28. The van der Waals surface area contributed by atoms with Gasteiger partial charge in [-0.05, 0) is 43.3 Å². The van der Waals surface area contributed by atoms with Gasteiger partial charge in [-0.2, -0.15) is 0 Å². The highest BCUT2D eigenvalue weighted by molar-refractivity contribution is 8.15. The molecule has 1 fully saturated rings. The number of rotatable bonds is 5. The summed E-state index contributed by atoms with van der Waals surface area (Å²) in [7, 11) is 0. The van der Waals surface area contributed by atoms with Crippen LogP contribution in [0.1, 0.15) is 19.1 Å². The Morgan fingerprint density at radius 3 is 2.81 bits per heavy atom. The Hall–Kier alpha value is -2.58. The lowest BCUT2D eigenvalue weighted by Gasteiger charge is -2.07. The predicted octanol–water partition coefficient (Wildman–Crippen LogP) is 3.27. The van der Waals surface area contributed by atoms with Gasteiger partial charge in [0.15, 0.2) is 5.17 Å². The number of nitrogens with one attached hydrogen (secondary N) is 2. The molecule has 0 radical (unpaired) electrons. The summed E-state index contributed by atoms with van der Waals surface area (Å²) >= 11 is 6.98. The van der Waals surface area contributed by atoms with Gasteiger partial charge in [0, 0.05) is 17.1 Å². The number of hydrogen-bond acceptors (Lipinski definition) is 6. The van der Waals surface area contributed by atoms with Crippen LogP contribution >= 0.6 is 23.4 Å². The number of benzene rings is 1. The van der Waals surface area contributed by atoms with Crippen LogP contribution in [-0.2, 0) is 9.59 Å². The molecule has 1 aromatic carbocycles. The zero-order chi connectivity index (χ0) is 18.5. The maximum Gasteiger partial charge on any atom is 0.240 e. The number of furan rings is 1. The number of amides is 2. The Morgan fingerprint density at radius 2 is 2.12 bits per heavy atom. The van der Waals surface area contributed by atoms with Gasteiger partial charge in [0.2, 0.25) is 11.8 Å². The molecule has 1 aliphatic rings. The van der Waals surface area contributed by atoms with Gasteiger partial charge in [0.25, 0.3) is 0 Å². The number of halogens is 1. The monoisotopic (exact) mass is 390 g/mol. The quantitative estimate of drug-likeness (QED) is 0.604. The number of thioether (sulfide) groups is 1. The Balaban J connectivity index is 1.57. The third kappa shape index (κ3) is 4.74. The first kappa shape index (κ1) is 18.2. The van der Waals surface area contributed by atoms with Crippen LogP contribution in [-0.4, -0.2) is 27.9 Å². The van der Waals surface area contributed by atoms with E-state index in [1.807, 2.05) is 0 Å². The van der Waals surface area contributed by atoms with Crippen LogP contribution < -0.4 is 10.6 Å². The summed E-state index contributed by atoms with van der Waals surface area (Å²) in [6.45, 7) is 1.75. The van der Waals surface area contributed by atoms with Crippen LogP contribution in [0.4, 0.5) is 5.69 Å². The highest BCUT2D eigenvalue weighted by Gasteiger charge is 2.32. The first-order valence-corrected chi connectivity index (χ1v) is 8.96. The van der Waals surface area contributed by atoms with E-state index < -0.39 is 5.25 Å². The van der Waals surface area contributed by atoms with E-state index in [0.717, 1.165) is 0 Å². The van der Waals surface area contributed by atoms with Gasteiger partial charge < -0.3 is 15.1 Å². The predicted molar refractivity (Wildman–Crippen MR) is 103 cm³/mol. The van der Waals surface area contributed by atoms with Crippen molar-refractivity contribution in [1.82, 2.24) is 5.32 Å². The highest BCUT2D eigenvalue weighted by Crippen LogP contribution is 2.23. The molecule has 2 aromatic rings. The summed E-state index contributed by atoms with van der Waals surface area (Å²) < 4.78 is 5.21. The standard InChI is InChI=1S/C17H15ClN4O3S/c1-10(13-3-2-8-25-13)21-22-17-20-16(24)14(26-17)9-15(23)19-12-6-4-11(18)5-7-12/h2-8,14H,9H2,1H3,(H,19,23)(H,20,22,24)/b21-10-/t14-/m1/s1. The van der Waals surface area contributed by atoms with Gasteiger partial charge in [-0.1, -0.05) is 23.4 Å². The summed E-state index contributed by atoms with van der Waals surface area (Å²) in [5, 5.41) is 13.8. The summed E-state index contributed by atoms with van der Waals surface area (Å²) in [6.07, 6.45) is 1.57. The molecule has 1 atom stereocenters. The molecule has 1 aliphatic heterocycles. The van der Waals surface area contributed by atoms with Crippen LogP contribution in [0.15, 0.2) is 57.3 Å². The number of carbonyl (C=O) groups is 2. The van der Waals surface area contributed by atoms with Crippen molar-refractivity contribution in [2.45, 2.75) is 18.6 Å². The summed E-state index contributed by atoms with van der Waals surface area (Å²) in [5.74, 6) is 0.0601. The normalized spacial score (nSPS) is 18.8. The smallest absolute Gasteiger partial charge is 0.240 e. The number of nitrogens with zero attached hydrogens (tertiary/aromatic N) is 2. The van der Waals surface area contributed by atoms with Crippen molar-refractivity contribution in [3.8, 4) is 0 Å². The minimum Gasteiger partial charge on any atom is -0.463 e. The van der Waals surface area contributed by atoms with Crippen molar-refractivity contribution in [2.24, 2.45) is 10.2 Å². The minimum absolute atomic E-state index is 0.0268. The Morgan fingerprint density at radius 1 is 1.35 bits per heavy atom. The van der Waals surface area contributed by atoms with E-state index >= 15 is 0 Å². The Kier molecular flexibility index (Phi) is 5.75. The zero-order valence-electron chi connectivity index (χ0n) is 13.7. The molecule has 1 aromatic heterocycles. The van der Waals surface area contributed by atoms with Crippen molar-refractivity contribution in [2.75, 3.05) is 5.32 Å². The first-order valence-electron chi connectivity index (χ1n) is 7.70. The van der Waals surface area contributed by atoms with Gasteiger partial charge in [0.05, 0.1) is 6.26 Å². The van der Waals surface area contributed by atoms with Crippen LogP contribution in [0.5, 0.6) is 0 Å². The van der Waals surface area contributed by atoms with Crippen LogP contribution in [0.3, 0.4) is 0 Å². The first-order chi connectivity index (χ1) is 12.5. The number of carbonyl (C=O) groups excluding carboxylic acids is 2. The summed E-state index contributed by atoms with van der Waals surface area (Å²) in [6, 6.07) is 10.3. The molecule has 134 valence electrons. The molecule has 2 N–H and O–H groups in total.